The minimum Gasteiger partial charge on any atom is -0.479 e. The third kappa shape index (κ3) is 1.93. The van der Waals surface area contributed by atoms with Crippen molar-refractivity contribution in [3.63, 3.8) is 0 Å². The van der Waals surface area contributed by atoms with Crippen molar-refractivity contribution in [2.24, 2.45) is 0 Å². The van der Waals surface area contributed by atoms with Crippen LogP contribution >= 0.6 is 11.8 Å². The molecule has 1 saturated heterocycles. The SMILES string of the molecule is CCOC1(C(=O)O)CCSCC1. The van der Waals surface area contributed by atoms with Gasteiger partial charge in [-0.3, -0.25) is 0 Å². The highest BCUT2D eigenvalue weighted by atomic mass is 32.2. The zero-order valence-corrected chi connectivity index (χ0v) is 8.02. The number of carbonyl (C=O) groups is 1. The number of carboxylic acid groups (broad SMARTS) is 1. The zero-order valence-electron chi connectivity index (χ0n) is 7.21. The van der Waals surface area contributed by atoms with Crippen molar-refractivity contribution in [2.45, 2.75) is 25.4 Å². The molecule has 12 heavy (non-hydrogen) atoms. The van der Waals surface area contributed by atoms with Gasteiger partial charge in [-0.05, 0) is 31.3 Å². The Hall–Kier alpha value is -0.220. The van der Waals surface area contributed by atoms with E-state index in [2.05, 4.69) is 0 Å². The molecule has 0 amide bonds. The summed E-state index contributed by atoms with van der Waals surface area (Å²) in [5.41, 5.74) is -0.875. The molecule has 0 aromatic rings. The molecular weight excluding hydrogens is 176 g/mol. The largest absolute Gasteiger partial charge is 0.479 e. The molecule has 1 heterocycles. The number of hydrogen-bond acceptors (Lipinski definition) is 3. The van der Waals surface area contributed by atoms with Gasteiger partial charge in [0.25, 0.3) is 0 Å². The van der Waals surface area contributed by atoms with Crippen LogP contribution in [-0.4, -0.2) is 34.8 Å². The van der Waals surface area contributed by atoms with Crippen LogP contribution in [0.15, 0.2) is 0 Å². The van der Waals surface area contributed by atoms with E-state index in [0.717, 1.165) is 11.5 Å². The second-order valence-electron chi connectivity index (χ2n) is 2.84. The highest BCUT2D eigenvalue weighted by Crippen LogP contribution is 2.30. The summed E-state index contributed by atoms with van der Waals surface area (Å²) in [7, 11) is 0. The molecule has 1 fully saturated rings. The van der Waals surface area contributed by atoms with E-state index in [0.29, 0.717) is 19.4 Å². The minimum absolute atomic E-state index is 0.483. The van der Waals surface area contributed by atoms with Crippen molar-refractivity contribution in [1.82, 2.24) is 0 Å². The van der Waals surface area contributed by atoms with Crippen molar-refractivity contribution in [3.8, 4) is 0 Å². The predicted octanol–water partition coefficient (Wildman–Crippen LogP) is 1.37. The molecule has 0 spiro atoms. The first-order valence-corrected chi connectivity index (χ1v) is 5.32. The second-order valence-corrected chi connectivity index (χ2v) is 4.07. The van der Waals surface area contributed by atoms with Crippen molar-refractivity contribution >= 4 is 17.7 Å². The quantitative estimate of drug-likeness (QED) is 0.730. The maximum atomic E-state index is 10.9. The Morgan fingerprint density at radius 2 is 2.17 bits per heavy atom. The van der Waals surface area contributed by atoms with Crippen LogP contribution in [-0.2, 0) is 9.53 Å². The van der Waals surface area contributed by atoms with Gasteiger partial charge >= 0.3 is 5.97 Å². The molecule has 70 valence electrons. The Morgan fingerprint density at radius 1 is 1.58 bits per heavy atom. The lowest BCUT2D eigenvalue weighted by Crippen LogP contribution is -2.44. The topological polar surface area (TPSA) is 46.5 Å². The fourth-order valence-electron chi connectivity index (χ4n) is 1.40. The molecule has 0 saturated carbocycles. The minimum atomic E-state index is -0.875. The lowest BCUT2D eigenvalue weighted by atomic mass is 9.97. The standard InChI is InChI=1S/C8H14O3S/c1-2-11-8(7(9)10)3-5-12-6-4-8/h2-6H2,1H3,(H,9,10). The Morgan fingerprint density at radius 3 is 2.58 bits per heavy atom. The summed E-state index contributed by atoms with van der Waals surface area (Å²) >= 11 is 1.80. The van der Waals surface area contributed by atoms with Gasteiger partial charge < -0.3 is 9.84 Å². The molecule has 0 aliphatic carbocycles. The van der Waals surface area contributed by atoms with E-state index in [-0.39, 0.29) is 0 Å². The highest BCUT2D eigenvalue weighted by molar-refractivity contribution is 7.99. The maximum Gasteiger partial charge on any atom is 0.336 e. The molecule has 1 aliphatic rings. The van der Waals surface area contributed by atoms with Gasteiger partial charge in [-0.1, -0.05) is 0 Å². The maximum absolute atomic E-state index is 10.9. The fourth-order valence-corrected chi connectivity index (χ4v) is 2.55. The first-order chi connectivity index (χ1) is 5.71. The van der Waals surface area contributed by atoms with Crippen LogP contribution in [0.5, 0.6) is 0 Å². The lowest BCUT2D eigenvalue weighted by Gasteiger charge is -2.32. The highest BCUT2D eigenvalue weighted by Gasteiger charge is 2.40. The Bertz CT molecular complexity index is 158. The molecule has 1 aliphatic heterocycles. The Kier molecular flexibility index (Phi) is 3.40. The van der Waals surface area contributed by atoms with Gasteiger partial charge in [-0.15, -0.1) is 0 Å². The number of carboxylic acids is 1. The van der Waals surface area contributed by atoms with E-state index in [4.69, 9.17) is 9.84 Å². The van der Waals surface area contributed by atoms with Gasteiger partial charge in [0.2, 0.25) is 0 Å². The van der Waals surface area contributed by atoms with Gasteiger partial charge in [0.15, 0.2) is 5.60 Å². The smallest absolute Gasteiger partial charge is 0.336 e. The van der Waals surface area contributed by atoms with Crippen molar-refractivity contribution in [1.29, 1.82) is 0 Å². The Labute approximate surface area is 76.5 Å². The molecule has 0 aromatic heterocycles. The number of aliphatic carboxylic acids is 1. The summed E-state index contributed by atoms with van der Waals surface area (Å²) in [5, 5.41) is 8.99. The molecule has 0 radical (unpaired) electrons. The van der Waals surface area contributed by atoms with Crippen molar-refractivity contribution in [3.05, 3.63) is 0 Å². The van der Waals surface area contributed by atoms with E-state index in [1.165, 1.54) is 0 Å². The van der Waals surface area contributed by atoms with Crippen LogP contribution in [0.4, 0.5) is 0 Å². The predicted molar refractivity (Wildman–Crippen MR) is 48.6 cm³/mol. The third-order valence-electron chi connectivity index (χ3n) is 2.11. The van der Waals surface area contributed by atoms with E-state index < -0.39 is 11.6 Å². The second kappa shape index (κ2) is 4.14. The van der Waals surface area contributed by atoms with Gasteiger partial charge in [0.05, 0.1) is 0 Å². The fraction of sp³-hybridized carbons (Fsp3) is 0.875. The summed E-state index contributed by atoms with van der Waals surface area (Å²) in [5.74, 6) is 0.989. The molecular formula is C8H14O3S. The molecule has 4 heteroatoms. The summed E-state index contributed by atoms with van der Waals surface area (Å²) in [4.78, 5) is 10.9. The molecule has 1 rings (SSSR count). The summed E-state index contributed by atoms with van der Waals surface area (Å²) < 4.78 is 5.32. The van der Waals surface area contributed by atoms with E-state index in [1.807, 2.05) is 6.92 Å². The zero-order chi connectivity index (χ0) is 9.03. The average Bonchev–Trinajstić information content (AvgIpc) is 2.06. The first kappa shape index (κ1) is 9.86. The summed E-state index contributed by atoms with van der Waals surface area (Å²) in [6.07, 6.45) is 1.28. The normalized spacial score (nSPS) is 22.1. The number of rotatable bonds is 3. The van der Waals surface area contributed by atoms with Gasteiger partial charge in [-0.2, -0.15) is 11.8 Å². The van der Waals surface area contributed by atoms with Crippen LogP contribution < -0.4 is 0 Å². The van der Waals surface area contributed by atoms with Crippen molar-refractivity contribution < 1.29 is 14.6 Å². The number of hydrogen-bond donors (Lipinski definition) is 1. The van der Waals surface area contributed by atoms with Gasteiger partial charge in [-0.25, -0.2) is 4.79 Å². The molecule has 0 aromatic carbocycles. The van der Waals surface area contributed by atoms with Crippen LogP contribution in [0.1, 0.15) is 19.8 Å². The number of thioether (sulfide) groups is 1. The third-order valence-corrected chi connectivity index (χ3v) is 3.10. The van der Waals surface area contributed by atoms with Crippen LogP contribution in [0.2, 0.25) is 0 Å². The first-order valence-electron chi connectivity index (χ1n) is 4.16. The van der Waals surface area contributed by atoms with Crippen LogP contribution in [0.25, 0.3) is 0 Å². The van der Waals surface area contributed by atoms with Crippen LogP contribution in [0.3, 0.4) is 0 Å². The lowest BCUT2D eigenvalue weighted by molar-refractivity contribution is -0.166. The monoisotopic (exact) mass is 190 g/mol. The van der Waals surface area contributed by atoms with E-state index in [1.54, 1.807) is 11.8 Å². The molecule has 1 N–H and O–H groups in total. The van der Waals surface area contributed by atoms with E-state index in [9.17, 15) is 4.79 Å². The molecule has 0 unspecified atom stereocenters. The van der Waals surface area contributed by atoms with Crippen molar-refractivity contribution in [2.75, 3.05) is 18.1 Å². The summed E-state index contributed by atoms with van der Waals surface area (Å²) in [6.45, 7) is 2.32. The number of ether oxygens (including phenoxy) is 1. The van der Waals surface area contributed by atoms with Crippen LogP contribution in [0, 0.1) is 0 Å². The molecule has 0 bridgehead atoms. The van der Waals surface area contributed by atoms with Gasteiger partial charge in [0, 0.05) is 6.61 Å². The molecule has 0 atom stereocenters. The summed E-state index contributed by atoms with van der Waals surface area (Å²) in [6, 6.07) is 0. The van der Waals surface area contributed by atoms with Gasteiger partial charge in [0.1, 0.15) is 0 Å². The Balaban J connectivity index is 2.63. The average molecular weight is 190 g/mol. The van der Waals surface area contributed by atoms with E-state index >= 15 is 0 Å². The molecule has 3 nitrogen and oxygen atoms in total.